The molecule has 0 aromatic heterocycles. The molecule has 0 amide bonds. The first kappa shape index (κ1) is 17.3. The van der Waals surface area contributed by atoms with Crippen LogP contribution < -0.4 is 0 Å². The van der Waals surface area contributed by atoms with Crippen LogP contribution in [0.25, 0.3) is 0 Å². The maximum atomic E-state index is 2.61. The molecule has 2 heteroatoms. The summed E-state index contributed by atoms with van der Waals surface area (Å²) >= 11 is 0. The fourth-order valence-corrected chi connectivity index (χ4v) is 17.8. The van der Waals surface area contributed by atoms with Crippen LogP contribution in [0.3, 0.4) is 0 Å². The maximum Gasteiger partial charge on any atom is 0.0111 e. The van der Waals surface area contributed by atoms with E-state index in [0.29, 0.717) is 15.8 Å². The molecular formula is C21H38P2. The summed E-state index contributed by atoms with van der Waals surface area (Å²) in [4.78, 5) is 0.844. The highest BCUT2D eigenvalue weighted by atomic mass is 31.2. The fraction of sp³-hybridized carbons (Fsp3) is 1.00. The summed E-state index contributed by atoms with van der Waals surface area (Å²) in [6.07, 6.45) is 22.2. The van der Waals surface area contributed by atoms with Gasteiger partial charge in [0.2, 0.25) is 0 Å². The van der Waals surface area contributed by atoms with Gasteiger partial charge in [-0.25, -0.2) is 0 Å². The van der Waals surface area contributed by atoms with Crippen molar-refractivity contribution < 1.29 is 0 Å². The monoisotopic (exact) mass is 352 g/mol. The number of hydrogen-bond acceptors (Lipinski definition) is 0. The van der Waals surface area contributed by atoms with Gasteiger partial charge in [-0.05, 0) is 86.8 Å². The largest absolute Gasteiger partial charge is 0.0895 e. The van der Waals surface area contributed by atoms with Crippen LogP contribution in [0.15, 0.2) is 0 Å². The van der Waals surface area contributed by atoms with E-state index in [1.54, 1.807) is 89.9 Å². The summed E-state index contributed by atoms with van der Waals surface area (Å²) < 4.78 is 0. The van der Waals surface area contributed by atoms with Gasteiger partial charge in [0.15, 0.2) is 0 Å². The summed E-state index contributed by atoms with van der Waals surface area (Å²) in [7, 11) is 0.647. The van der Waals surface area contributed by atoms with Crippen LogP contribution in [0.4, 0.5) is 0 Å². The Morgan fingerprint density at radius 1 is 0.565 bits per heavy atom. The third-order valence-corrected chi connectivity index (χ3v) is 17.8. The average molecular weight is 352 g/mol. The van der Waals surface area contributed by atoms with Crippen LogP contribution in [0.1, 0.15) is 104 Å². The molecule has 4 aliphatic rings. The molecule has 4 fully saturated rings. The minimum atomic E-state index is 0.323. The van der Waals surface area contributed by atoms with Gasteiger partial charge in [-0.1, -0.05) is 55.4 Å². The predicted molar refractivity (Wildman–Crippen MR) is 108 cm³/mol. The lowest BCUT2D eigenvalue weighted by atomic mass is 9.98. The Morgan fingerprint density at radius 2 is 0.826 bits per heavy atom. The third-order valence-electron chi connectivity index (χ3n) is 7.97. The van der Waals surface area contributed by atoms with Crippen molar-refractivity contribution in [2.75, 3.05) is 0 Å². The topological polar surface area (TPSA) is 0 Å². The minimum absolute atomic E-state index is 0.323. The molecule has 0 aromatic carbocycles. The van der Waals surface area contributed by atoms with Gasteiger partial charge in [0.25, 0.3) is 0 Å². The minimum Gasteiger partial charge on any atom is -0.0895 e. The lowest BCUT2D eigenvalue weighted by molar-refractivity contribution is 0.446. The van der Waals surface area contributed by atoms with Crippen molar-refractivity contribution >= 4 is 15.8 Å². The van der Waals surface area contributed by atoms with Crippen molar-refractivity contribution in [1.29, 1.82) is 0 Å². The van der Waals surface area contributed by atoms with Crippen molar-refractivity contribution in [2.24, 2.45) is 0 Å². The molecule has 0 nitrogen and oxygen atoms in total. The van der Waals surface area contributed by atoms with Crippen LogP contribution in [0.5, 0.6) is 0 Å². The Kier molecular flexibility index (Phi) is 5.44. The smallest absolute Gasteiger partial charge is 0.0111 e. The van der Waals surface area contributed by atoms with Crippen LogP contribution in [0, 0.1) is 0 Å². The molecule has 0 unspecified atom stereocenters. The highest BCUT2D eigenvalue weighted by Gasteiger charge is 2.55. The molecule has 0 spiro atoms. The van der Waals surface area contributed by atoms with E-state index < -0.39 is 0 Å². The number of hydrogen-bond donors (Lipinski definition) is 0. The quantitative estimate of drug-likeness (QED) is 0.393. The van der Waals surface area contributed by atoms with Crippen molar-refractivity contribution in [1.82, 2.24) is 0 Å². The molecular weight excluding hydrogens is 314 g/mol. The zero-order chi connectivity index (χ0) is 15.9. The lowest BCUT2D eigenvalue weighted by Crippen LogP contribution is -2.43. The third kappa shape index (κ3) is 2.87. The molecule has 132 valence electrons. The highest BCUT2D eigenvalue weighted by molar-refractivity contribution is 7.78. The molecule has 0 saturated heterocycles. The van der Waals surface area contributed by atoms with Crippen LogP contribution >= 0.6 is 15.8 Å². The SMILES string of the molecule is CCC(CC)(P(C1CCC1)C1CCC1)P(C1CCC1)C1CCC1. The molecule has 0 N–H and O–H groups in total. The van der Waals surface area contributed by atoms with E-state index in [1.165, 1.54) is 22.6 Å². The summed E-state index contributed by atoms with van der Waals surface area (Å²) in [6.45, 7) is 5.23. The zero-order valence-corrected chi connectivity index (χ0v) is 17.4. The van der Waals surface area contributed by atoms with Gasteiger partial charge in [-0.3, -0.25) is 0 Å². The van der Waals surface area contributed by atoms with Crippen LogP contribution in [-0.4, -0.2) is 27.5 Å². The Bertz CT molecular complexity index is 325. The Hall–Kier alpha value is 0.860. The molecule has 0 bridgehead atoms. The Labute approximate surface area is 147 Å². The van der Waals surface area contributed by atoms with E-state index in [-0.39, 0.29) is 0 Å². The second-order valence-electron chi connectivity index (χ2n) is 8.84. The van der Waals surface area contributed by atoms with E-state index in [2.05, 4.69) is 13.8 Å². The Morgan fingerprint density at radius 3 is 0.957 bits per heavy atom. The molecule has 4 aliphatic carbocycles. The number of rotatable bonds is 8. The van der Waals surface area contributed by atoms with Crippen LogP contribution in [-0.2, 0) is 0 Å². The van der Waals surface area contributed by atoms with Gasteiger partial charge in [-0.15, -0.1) is 0 Å². The maximum absolute atomic E-state index is 2.61. The van der Waals surface area contributed by atoms with Crippen molar-refractivity contribution in [2.45, 2.75) is 131 Å². The standard InChI is InChI=1S/C21H38P2/c1-3-21(4-2,22(17-9-5-10-17)18-11-6-12-18)23(19-13-7-14-19)20-15-8-16-20/h17-20H,3-16H2,1-2H3. The molecule has 0 atom stereocenters. The van der Waals surface area contributed by atoms with Crippen molar-refractivity contribution in [3.05, 3.63) is 0 Å². The second-order valence-corrected chi connectivity index (χ2v) is 15.5. The first-order chi connectivity index (χ1) is 11.3. The summed E-state index contributed by atoms with van der Waals surface area (Å²) in [6, 6.07) is 0. The van der Waals surface area contributed by atoms with E-state index in [1.807, 2.05) is 0 Å². The molecule has 4 rings (SSSR count). The summed E-state index contributed by atoms with van der Waals surface area (Å²) in [5.41, 5.74) is 4.78. The molecule has 23 heavy (non-hydrogen) atoms. The normalized spacial score (nSPS) is 27.7. The molecule has 0 radical (unpaired) electrons. The van der Waals surface area contributed by atoms with Crippen molar-refractivity contribution in [3.8, 4) is 0 Å². The molecule has 0 heterocycles. The summed E-state index contributed by atoms with van der Waals surface area (Å²) in [5, 5.41) is 0. The van der Waals surface area contributed by atoms with Crippen LogP contribution in [0.2, 0.25) is 0 Å². The van der Waals surface area contributed by atoms with Gasteiger partial charge < -0.3 is 0 Å². The van der Waals surface area contributed by atoms with E-state index in [0.717, 1.165) is 4.90 Å². The molecule has 0 aromatic rings. The van der Waals surface area contributed by atoms with Crippen molar-refractivity contribution in [3.63, 3.8) is 0 Å². The zero-order valence-electron chi connectivity index (χ0n) is 15.6. The fourth-order valence-electron chi connectivity index (χ4n) is 5.73. The molecule has 0 aliphatic heterocycles. The Balaban J connectivity index is 1.66. The van der Waals surface area contributed by atoms with E-state index >= 15 is 0 Å². The van der Waals surface area contributed by atoms with E-state index in [4.69, 9.17) is 0 Å². The van der Waals surface area contributed by atoms with Gasteiger partial charge in [0.05, 0.1) is 0 Å². The first-order valence-corrected chi connectivity index (χ1v) is 13.8. The second kappa shape index (κ2) is 7.23. The highest BCUT2D eigenvalue weighted by Crippen LogP contribution is 2.82. The van der Waals surface area contributed by atoms with Gasteiger partial charge >= 0.3 is 0 Å². The van der Waals surface area contributed by atoms with Gasteiger partial charge in [0, 0.05) is 4.90 Å². The van der Waals surface area contributed by atoms with E-state index in [9.17, 15) is 0 Å². The van der Waals surface area contributed by atoms with Gasteiger partial charge in [0.1, 0.15) is 0 Å². The van der Waals surface area contributed by atoms with Gasteiger partial charge in [-0.2, -0.15) is 0 Å². The summed E-state index contributed by atoms with van der Waals surface area (Å²) in [5.74, 6) is 0. The average Bonchev–Trinajstić information content (AvgIpc) is 2.32. The predicted octanol–water partition coefficient (Wildman–Crippen LogP) is 7.68. The molecule has 4 saturated carbocycles. The first-order valence-electron chi connectivity index (χ1n) is 10.9. The lowest BCUT2D eigenvalue weighted by Gasteiger charge is -2.61.